The zero-order valence-corrected chi connectivity index (χ0v) is 15.0. The molecule has 0 spiro atoms. The summed E-state index contributed by atoms with van der Waals surface area (Å²) in [4.78, 5) is 20.0. The van der Waals surface area contributed by atoms with Crippen molar-refractivity contribution in [3.63, 3.8) is 0 Å². The van der Waals surface area contributed by atoms with Crippen molar-refractivity contribution in [3.05, 3.63) is 20.8 Å². The van der Waals surface area contributed by atoms with Gasteiger partial charge in [-0.2, -0.15) is 0 Å². The second-order valence-electron chi connectivity index (χ2n) is 5.81. The van der Waals surface area contributed by atoms with Gasteiger partial charge in [0.1, 0.15) is 4.83 Å². The third kappa shape index (κ3) is 2.84. The van der Waals surface area contributed by atoms with Gasteiger partial charge in [-0.3, -0.25) is 9.36 Å². The summed E-state index contributed by atoms with van der Waals surface area (Å²) in [7, 11) is 1.70. The van der Waals surface area contributed by atoms with E-state index in [9.17, 15) is 4.79 Å². The van der Waals surface area contributed by atoms with E-state index in [1.54, 1.807) is 30.2 Å². The summed E-state index contributed by atoms with van der Waals surface area (Å²) in [6, 6.07) is 0.314. The number of aromatic nitrogens is 2. The third-order valence-corrected chi connectivity index (χ3v) is 6.43. The van der Waals surface area contributed by atoms with Crippen molar-refractivity contribution in [2.45, 2.75) is 50.7 Å². The molecule has 1 aliphatic rings. The maximum atomic E-state index is 13.1. The standard InChI is InChI=1S/C16H22N2O2S2/c1-10-11(2)22-14-13(10)15(19)18(12-6-4-5-7-12)16(17-14)21-9-8-20-3/h12H,4-9H2,1-3H3. The van der Waals surface area contributed by atoms with Crippen LogP contribution in [0.3, 0.4) is 0 Å². The summed E-state index contributed by atoms with van der Waals surface area (Å²) in [5.74, 6) is 0.824. The van der Waals surface area contributed by atoms with Gasteiger partial charge in [0, 0.05) is 23.8 Å². The van der Waals surface area contributed by atoms with Crippen LogP contribution in [0.5, 0.6) is 0 Å². The van der Waals surface area contributed by atoms with Crippen LogP contribution in [0.4, 0.5) is 0 Å². The largest absolute Gasteiger partial charge is 0.384 e. The summed E-state index contributed by atoms with van der Waals surface area (Å²) >= 11 is 3.26. The fourth-order valence-corrected chi connectivity index (χ4v) is 5.13. The molecule has 0 bridgehead atoms. The van der Waals surface area contributed by atoms with E-state index in [2.05, 4.69) is 6.92 Å². The molecule has 1 saturated carbocycles. The topological polar surface area (TPSA) is 44.1 Å². The average Bonchev–Trinajstić information content (AvgIpc) is 3.09. The van der Waals surface area contributed by atoms with Crippen molar-refractivity contribution in [1.82, 2.24) is 9.55 Å². The summed E-state index contributed by atoms with van der Waals surface area (Å²) in [5, 5.41) is 1.69. The van der Waals surface area contributed by atoms with E-state index in [1.807, 2.05) is 11.5 Å². The second-order valence-corrected chi connectivity index (χ2v) is 8.08. The zero-order valence-electron chi connectivity index (χ0n) is 13.3. The van der Waals surface area contributed by atoms with Crippen molar-refractivity contribution in [2.75, 3.05) is 19.5 Å². The predicted octanol–water partition coefficient (Wildman–Crippen LogP) is 3.93. The first-order valence-corrected chi connectivity index (χ1v) is 9.57. The Bertz CT molecular complexity index is 730. The number of hydrogen-bond acceptors (Lipinski definition) is 5. The van der Waals surface area contributed by atoms with Gasteiger partial charge >= 0.3 is 0 Å². The van der Waals surface area contributed by atoms with Gasteiger partial charge in [-0.25, -0.2) is 4.98 Å². The van der Waals surface area contributed by atoms with Gasteiger partial charge in [0.15, 0.2) is 5.16 Å². The van der Waals surface area contributed by atoms with Gasteiger partial charge in [0.2, 0.25) is 0 Å². The number of rotatable bonds is 5. The van der Waals surface area contributed by atoms with E-state index >= 15 is 0 Å². The van der Waals surface area contributed by atoms with Crippen LogP contribution in [0.2, 0.25) is 0 Å². The predicted molar refractivity (Wildman–Crippen MR) is 93.5 cm³/mol. The molecule has 4 nitrogen and oxygen atoms in total. The van der Waals surface area contributed by atoms with Gasteiger partial charge in [0.05, 0.1) is 12.0 Å². The maximum absolute atomic E-state index is 13.1. The van der Waals surface area contributed by atoms with Gasteiger partial charge < -0.3 is 4.74 Å². The molecule has 0 aromatic carbocycles. The van der Waals surface area contributed by atoms with Crippen molar-refractivity contribution < 1.29 is 4.74 Å². The minimum absolute atomic E-state index is 0.152. The second kappa shape index (κ2) is 6.72. The third-order valence-electron chi connectivity index (χ3n) is 4.41. The molecule has 1 aliphatic carbocycles. The Balaban J connectivity index is 2.13. The Morgan fingerprint density at radius 2 is 2.09 bits per heavy atom. The molecule has 22 heavy (non-hydrogen) atoms. The Kier molecular flexibility index (Phi) is 4.90. The van der Waals surface area contributed by atoms with Crippen LogP contribution in [0, 0.1) is 13.8 Å². The van der Waals surface area contributed by atoms with Crippen molar-refractivity contribution in [2.24, 2.45) is 0 Å². The van der Waals surface area contributed by atoms with Crippen LogP contribution < -0.4 is 5.56 Å². The van der Waals surface area contributed by atoms with Crippen LogP contribution >= 0.6 is 23.1 Å². The molecule has 0 atom stereocenters. The molecular formula is C16H22N2O2S2. The lowest BCUT2D eigenvalue weighted by molar-refractivity contribution is 0.218. The minimum Gasteiger partial charge on any atom is -0.384 e. The number of aryl methyl sites for hydroxylation is 2. The highest BCUT2D eigenvalue weighted by Crippen LogP contribution is 2.34. The van der Waals surface area contributed by atoms with Gasteiger partial charge in [-0.15, -0.1) is 11.3 Å². The number of thioether (sulfide) groups is 1. The Labute approximate surface area is 138 Å². The SMILES string of the molecule is COCCSc1nc2sc(C)c(C)c2c(=O)n1C1CCCC1. The molecule has 0 unspecified atom stereocenters. The average molecular weight is 338 g/mol. The fourth-order valence-electron chi connectivity index (χ4n) is 3.09. The molecule has 2 aromatic heterocycles. The van der Waals surface area contributed by atoms with E-state index in [0.717, 1.165) is 39.5 Å². The molecule has 0 radical (unpaired) electrons. The van der Waals surface area contributed by atoms with Crippen LogP contribution in [-0.2, 0) is 4.74 Å². The Morgan fingerprint density at radius 3 is 2.77 bits per heavy atom. The molecule has 120 valence electrons. The highest BCUT2D eigenvalue weighted by molar-refractivity contribution is 7.99. The molecule has 1 fully saturated rings. The highest BCUT2D eigenvalue weighted by atomic mass is 32.2. The van der Waals surface area contributed by atoms with E-state index in [-0.39, 0.29) is 5.56 Å². The molecule has 0 saturated heterocycles. The smallest absolute Gasteiger partial charge is 0.263 e. The molecule has 2 heterocycles. The lowest BCUT2D eigenvalue weighted by Gasteiger charge is -2.17. The van der Waals surface area contributed by atoms with Crippen molar-refractivity contribution >= 4 is 33.3 Å². The number of thiophene rings is 1. The van der Waals surface area contributed by atoms with E-state index in [0.29, 0.717) is 12.6 Å². The van der Waals surface area contributed by atoms with Crippen LogP contribution in [0.15, 0.2) is 9.95 Å². The molecule has 0 amide bonds. The zero-order chi connectivity index (χ0) is 15.7. The van der Waals surface area contributed by atoms with Crippen LogP contribution in [0.1, 0.15) is 42.2 Å². The van der Waals surface area contributed by atoms with E-state index in [4.69, 9.17) is 9.72 Å². The van der Waals surface area contributed by atoms with Gasteiger partial charge in [0.25, 0.3) is 5.56 Å². The number of hydrogen-bond donors (Lipinski definition) is 0. The van der Waals surface area contributed by atoms with Crippen LogP contribution in [-0.4, -0.2) is 29.0 Å². The maximum Gasteiger partial charge on any atom is 0.263 e. The Morgan fingerprint density at radius 1 is 1.36 bits per heavy atom. The summed E-state index contributed by atoms with van der Waals surface area (Å²) in [6.45, 7) is 4.78. The highest BCUT2D eigenvalue weighted by Gasteiger charge is 2.24. The lowest BCUT2D eigenvalue weighted by atomic mass is 10.2. The molecule has 6 heteroatoms. The number of fused-ring (bicyclic) bond motifs is 1. The van der Waals surface area contributed by atoms with Crippen molar-refractivity contribution in [3.8, 4) is 0 Å². The van der Waals surface area contributed by atoms with E-state index < -0.39 is 0 Å². The molecule has 0 N–H and O–H groups in total. The van der Waals surface area contributed by atoms with Gasteiger partial charge in [-0.1, -0.05) is 24.6 Å². The van der Waals surface area contributed by atoms with Crippen molar-refractivity contribution in [1.29, 1.82) is 0 Å². The molecule has 0 aliphatic heterocycles. The molecule has 3 rings (SSSR count). The first-order chi connectivity index (χ1) is 10.6. The minimum atomic E-state index is 0.152. The first-order valence-electron chi connectivity index (χ1n) is 7.77. The quantitative estimate of drug-likeness (QED) is 0.471. The van der Waals surface area contributed by atoms with Crippen LogP contribution in [0.25, 0.3) is 10.2 Å². The number of methoxy groups -OCH3 is 1. The Hall–Kier alpha value is -0.850. The monoisotopic (exact) mass is 338 g/mol. The van der Waals surface area contributed by atoms with E-state index in [1.165, 1.54) is 17.7 Å². The lowest BCUT2D eigenvalue weighted by Crippen LogP contribution is -2.26. The fraction of sp³-hybridized carbons (Fsp3) is 0.625. The summed E-state index contributed by atoms with van der Waals surface area (Å²) in [6.07, 6.45) is 4.60. The molecular weight excluding hydrogens is 316 g/mol. The first kappa shape index (κ1) is 16.0. The normalized spacial score (nSPS) is 16.0. The number of ether oxygens (including phenoxy) is 1. The number of nitrogens with zero attached hydrogens (tertiary/aromatic N) is 2. The van der Waals surface area contributed by atoms with Gasteiger partial charge in [-0.05, 0) is 32.3 Å². The molecule has 2 aromatic rings. The summed E-state index contributed by atoms with van der Waals surface area (Å²) < 4.78 is 7.10. The summed E-state index contributed by atoms with van der Waals surface area (Å²) in [5.41, 5.74) is 1.25.